The van der Waals surface area contributed by atoms with Gasteiger partial charge in [0.2, 0.25) is 0 Å². The lowest BCUT2D eigenvalue weighted by atomic mass is 10.1. The highest BCUT2D eigenvalue weighted by atomic mass is 19.1. The van der Waals surface area contributed by atoms with E-state index in [4.69, 9.17) is 5.73 Å². The van der Waals surface area contributed by atoms with Crippen LogP contribution in [0, 0.1) is 12.7 Å². The summed E-state index contributed by atoms with van der Waals surface area (Å²) in [7, 11) is 1.56. The minimum absolute atomic E-state index is 0.0241. The van der Waals surface area contributed by atoms with Crippen LogP contribution in [0.25, 0.3) is 0 Å². The summed E-state index contributed by atoms with van der Waals surface area (Å²) < 4.78 is 13.6. The van der Waals surface area contributed by atoms with Crippen molar-refractivity contribution < 1.29 is 9.18 Å². The number of carbonyl (C=O) groups excluding carboxylic acids is 1. The Morgan fingerprint density at radius 2 is 2.26 bits per heavy atom. The van der Waals surface area contributed by atoms with Crippen molar-refractivity contribution in [2.24, 2.45) is 0 Å². The number of hydrogen-bond donors (Lipinski definition) is 2. The van der Waals surface area contributed by atoms with Crippen molar-refractivity contribution in [1.82, 2.24) is 20.1 Å². The molecule has 0 radical (unpaired) electrons. The molecule has 0 spiro atoms. The van der Waals surface area contributed by atoms with Gasteiger partial charge in [0, 0.05) is 12.7 Å². The largest absolute Gasteiger partial charge is 0.399 e. The van der Waals surface area contributed by atoms with Crippen LogP contribution in [0.15, 0.2) is 18.2 Å². The van der Waals surface area contributed by atoms with Crippen molar-refractivity contribution in [3.05, 3.63) is 41.2 Å². The molecular formula is C12H14FN5O. The van der Waals surface area contributed by atoms with E-state index < -0.39 is 11.7 Å². The fourth-order valence-electron chi connectivity index (χ4n) is 1.65. The van der Waals surface area contributed by atoms with Crippen LogP contribution in [0.2, 0.25) is 0 Å². The molecule has 1 heterocycles. The maximum Gasteiger partial charge on any atom is 0.256 e. The molecule has 0 atom stereocenters. The molecular weight excluding hydrogens is 249 g/mol. The van der Waals surface area contributed by atoms with Crippen molar-refractivity contribution in [1.29, 1.82) is 0 Å². The molecule has 0 saturated carbocycles. The van der Waals surface area contributed by atoms with Gasteiger partial charge in [0.25, 0.3) is 5.91 Å². The van der Waals surface area contributed by atoms with E-state index in [1.165, 1.54) is 17.0 Å². The van der Waals surface area contributed by atoms with Gasteiger partial charge in [0.1, 0.15) is 11.6 Å². The SMILES string of the molecule is Cc1nc(CN(C)C(=O)c2ccc(N)cc2F)n[nH]1. The van der Waals surface area contributed by atoms with Gasteiger partial charge in [0.15, 0.2) is 5.82 Å². The first-order chi connectivity index (χ1) is 8.97. The highest BCUT2D eigenvalue weighted by Crippen LogP contribution is 2.14. The zero-order valence-electron chi connectivity index (χ0n) is 10.6. The van der Waals surface area contributed by atoms with Gasteiger partial charge in [-0.05, 0) is 25.1 Å². The van der Waals surface area contributed by atoms with Gasteiger partial charge in [-0.25, -0.2) is 9.37 Å². The van der Waals surface area contributed by atoms with Crippen molar-refractivity contribution in [3.63, 3.8) is 0 Å². The topological polar surface area (TPSA) is 87.9 Å². The first-order valence-electron chi connectivity index (χ1n) is 5.65. The number of aryl methyl sites for hydroxylation is 1. The van der Waals surface area contributed by atoms with Crippen molar-refractivity contribution in [2.75, 3.05) is 12.8 Å². The second kappa shape index (κ2) is 5.05. The second-order valence-corrected chi connectivity index (χ2v) is 4.24. The molecule has 0 aliphatic heterocycles. The van der Waals surface area contributed by atoms with Crippen LogP contribution < -0.4 is 5.73 Å². The summed E-state index contributed by atoms with van der Waals surface area (Å²) in [6.07, 6.45) is 0. The second-order valence-electron chi connectivity index (χ2n) is 4.24. The summed E-state index contributed by atoms with van der Waals surface area (Å²) >= 11 is 0. The fraction of sp³-hybridized carbons (Fsp3) is 0.250. The maximum absolute atomic E-state index is 13.6. The van der Waals surface area contributed by atoms with Gasteiger partial charge in [-0.2, -0.15) is 5.10 Å². The Hall–Kier alpha value is -2.44. The van der Waals surface area contributed by atoms with E-state index >= 15 is 0 Å². The van der Waals surface area contributed by atoms with Gasteiger partial charge >= 0.3 is 0 Å². The number of rotatable bonds is 3. The lowest BCUT2D eigenvalue weighted by molar-refractivity contribution is 0.0777. The Morgan fingerprint density at radius 3 is 2.84 bits per heavy atom. The van der Waals surface area contributed by atoms with E-state index in [1.54, 1.807) is 14.0 Å². The number of carbonyl (C=O) groups is 1. The van der Waals surface area contributed by atoms with Crippen molar-refractivity contribution in [2.45, 2.75) is 13.5 Å². The zero-order valence-corrected chi connectivity index (χ0v) is 10.6. The van der Waals surface area contributed by atoms with Gasteiger partial charge in [-0.1, -0.05) is 0 Å². The van der Waals surface area contributed by atoms with Gasteiger partial charge in [-0.15, -0.1) is 0 Å². The van der Waals surface area contributed by atoms with E-state index in [0.29, 0.717) is 11.6 Å². The number of amides is 1. The molecule has 0 unspecified atom stereocenters. The van der Waals surface area contributed by atoms with Crippen LogP contribution in [0.1, 0.15) is 22.0 Å². The quantitative estimate of drug-likeness (QED) is 0.812. The molecule has 0 saturated heterocycles. The molecule has 3 N–H and O–H groups in total. The number of aromatic nitrogens is 3. The summed E-state index contributed by atoms with van der Waals surface area (Å²) in [5.74, 6) is 0.0571. The molecule has 19 heavy (non-hydrogen) atoms. The average Bonchev–Trinajstić information content (AvgIpc) is 2.74. The molecule has 0 aliphatic carbocycles. The number of aromatic amines is 1. The molecule has 100 valence electrons. The molecule has 2 aromatic rings. The summed E-state index contributed by atoms with van der Waals surface area (Å²) in [6.45, 7) is 1.96. The van der Waals surface area contributed by atoms with E-state index in [2.05, 4.69) is 15.2 Å². The first-order valence-corrected chi connectivity index (χ1v) is 5.65. The third kappa shape index (κ3) is 2.87. The van der Waals surface area contributed by atoms with Crippen LogP contribution in [-0.2, 0) is 6.54 Å². The third-order valence-corrected chi connectivity index (χ3v) is 2.59. The summed E-state index contributed by atoms with van der Waals surface area (Å²) in [4.78, 5) is 17.5. The minimum atomic E-state index is -0.636. The normalized spacial score (nSPS) is 10.5. The van der Waals surface area contributed by atoms with Crippen LogP contribution in [0.3, 0.4) is 0 Å². The highest BCUT2D eigenvalue weighted by Gasteiger charge is 2.17. The number of anilines is 1. The summed E-state index contributed by atoms with van der Waals surface area (Å²) in [5.41, 5.74) is 5.70. The lowest BCUT2D eigenvalue weighted by Gasteiger charge is -2.15. The van der Waals surface area contributed by atoms with E-state index in [0.717, 1.165) is 6.07 Å². The van der Waals surface area contributed by atoms with E-state index in [-0.39, 0.29) is 17.8 Å². The van der Waals surface area contributed by atoms with Gasteiger partial charge in [0.05, 0.1) is 12.1 Å². The van der Waals surface area contributed by atoms with Crippen LogP contribution in [0.5, 0.6) is 0 Å². The third-order valence-electron chi connectivity index (χ3n) is 2.59. The number of benzene rings is 1. The van der Waals surface area contributed by atoms with E-state index in [1.807, 2.05) is 0 Å². The number of halogens is 1. The monoisotopic (exact) mass is 263 g/mol. The smallest absolute Gasteiger partial charge is 0.256 e. The Bertz CT molecular complexity index is 610. The fourth-order valence-corrected chi connectivity index (χ4v) is 1.65. The Morgan fingerprint density at radius 1 is 1.53 bits per heavy atom. The number of nitrogens with zero attached hydrogens (tertiary/aromatic N) is 3. The van der Waals surface area contributed by atoms with Gasteiger partial charge < -0.3 is 10.6 Å². The molecule has 0 bridgehead atoms. The molecule has 0 fully saturated rings. The Balaban J connectivity index is 2.14. The number of nitrogens with one attached hydrogen (secondary N) is 1. The average molecular weight is 263 g/mol. The number of H-pyrrole nitrogens is 1. The molecule has 6 nitrogen and oxygen atoms in total. The summed E-state index contributed by atoms with van der Waals surface area (Å²) in [5, 5.41) is 6.61. The standard InChI is InChI=1S/C12H14FN5O/c1-7-15-11(17-16-7)6-18(2)12(19)9-4-3-8(14)5-10(9)13/h3-5H,6,14H2,1-2H3,(H,15,16,17). The number of hydrogen-bond acceptors (Lipinski definition) is 4. The van der Waals surface area contributed by atoms with Crippen molar-refractivity contribution >= 4 is 11.6 Å². The molecule has 2 rings (SSSR count). The van der Waals surface area contributed by atoms with E-state index in [9.17, 15) is 9.18 Å². The van der Waals surface area contributed by atoms with Crippen LogP contribution >= 0.6 is 0 Å². The summed E-state index contributed by atoms with van der Waals surface area (Å²) in [6, 6.07) is 3.98. The predicted molar refractivity (Wildman–Crippen MR) is 67.7 cm³/mol. The molecule has 1 aromatic heterocycles. The van der Waals surface area contributed by atoms with Crippen molar-refractivity contribution in [3.8, 4) is 0 Å². The first kappa shape index (κ1) is 13.0. The van der Waals surface area contributed by atoms with Crippen LogP contribution in [0.4, 0.5) is 10.1 Å². The minimum Gasteiger partial charge on any atom is -0.399 e. The highest BCUT2D eigenvalue weighted by molar-refractivity contribution is 5.94. The maximum atomic E-state index is 13.6. The zero-order chi connectivity index (χ0) is 14.0. The Kier molecular flexibility index (Phi) is 3.46. The number of nitrogens with two attached hydrogens (primary N) is 1. The predicted octanol–water partition coefficient (Wildman–Crippen LogP) is 1.11. The molecule has 0 aliphatic rings. The molecule has 7 heteroatoms. The van der Waals surface area contributed by atoms with Gasteiger partial charge in [-0.3, -0.25) is 9.89 Å². The molecule has 1 amide bonds. The Labute approximate surface area is 109 Å². The lowest BCUT2D eigenvalue weighted by Crippen LogP contribution is -2.27. The molecule has 1 aromatic carbocycles. The number of nitrogen functional groups attached to an aromatic ring is 1. The van der Waals surface area contributed by atoms with Crippen LogP contribution in [-0.4, -0.2) is 33.0 Å².